The number of likely N-dealkylation sites (tertiary alicyclic amines) is 1. The van der Waals surface area contributed by atoms with Gasteiger partial charge in [-0.05, 0) is 36.2 Å². The van der Waals surface area contributed by atoms with Crippen LogP contribution in [-0.2, 0) is 16.1 Å². The van der Waals surface area contributed by atoms with Crippen LogP contribution in [0.25, 0.3) is 0 Å². The third-order valence-corrected chi connectivity index (χ3v) is 4.95. The van der Waals surface area contributed by atoms with E-state index in [9.17, 15) is 14.4 Å². The highest BCUT2D eigenvalue weighted by Crippen LogP contribution is 2.39. The van der Waals surface area contributed by atoms with Gasteiger partial charge in [-0.1, -0.05) is 35.9 Å². The molecule has 3 aromatic rings. The molecule has 2 unspecified atom stereocenters. The summed E-state index contributed by atoms with van der Waals surface area (Å²) in [5.41, 5.74) is 2.57. The van der Waals surface area contributed by atoms with Crippen molar-refractivity contribution in [1.82, 2.24) is 9.88 Å². The van der Waals surface area contributed by atoms with Gasteiger partial charge in [-0.3, -0.25) is 19.4 Å². The Morgan fingerprint density at radius 2 is 1.89 bits per heavy atom. The van der Waals surface area contributed by atoms with Gasteiger partial charge >= 0.3 is 0 Å². The van der Waals surface area contributed by atoms with Gasteiger partial charge in [-0.2, -0.15) is 0 Å². The van der Waals surface area contributed by atoms with Crippen LogP contribution in [0.5, 0.6) is 0 Å². The Hall–Kier alpha value is -3.54. The molecule has 1 saturated heterocycles. The number of aromatic nitrogens is 1. The van der Waals surface area contributed by atoms with Crippen molar-refractivity contribution in [2.24, 2.45) is 5.92 Å². The topological polar surface area (TPSA) is 80.5 Å². The minimum Gasteiger partial charge on any atom is -0.461 e. The summed E-state index contributed by atoms with van der Waals surface area (Å²) in [5, 5.41) is 0. The van der Waals surface area contributed by atoms with Gasteiger partial charge in [0.25, 0.3) is 5.91 Å². The molecule has 1 aromatic carbocycles. The van der Waals surface area contributed by atoms with Crippen LogP contribution < -0.4 is 0 Å². The van der Waals surface area contributed by atoms with Crippen LogP contribution in [0.15, 0.2) is 71.6 Å². The van der Waals surface area contributed by atoms with Crippen molar-refractivity contribution in [3.63, 3.8) is 0 Å². The molecule has 6 nitrogen and oxygen atoms in total. The van der Waals surface area contributed by atoms with E-state index in [-0.39, 0.29) is 12.3 Å². The van der Waals surface area contributed by atoms with Crippen LogP contribution in [-0.4, -0.2) is 27.4 Å². The second kappa shape index (κ2) is 7.23. The molecule has 0 radical (unpaired) electrons. The van der Waals surface area contributed by atoms with Crippen molar-refractivity contribution < 1.29 is 18.8 Å². The molecule has 0 bridgehead atoms. The fourth-order valence-corrected chi connectivity index (χ4v) is 3.55. The zero-order valence-electron chi connectivity index (χ0n) is 15.2. The van der Waals surface area contributed by atoms with E-state index in [4.69, 9.17) is 4.42 Å². The Kier molecular flexibility index (Phi) is 4.61. The molecule has 0 saturated carbocycles. The van der Waals surface area contributed by atoms with Crippen molar-refractivity contribution in [1.29, 1.82) is 0 Å². The SMILES string of the molecule is Cc1ccc(C2C(C(=O)c3ccco3)C(=O)C(=O)N2Cc2cccnc2)cc1. The molecule has 0 spiro atoms. The molecule has 6 heteroatoms. The van der Waals surface area contributed by atoms with Crippen LogP contribution >= 0.6 is 0 Å². The fourth-order valence-electron chi connectivity index (χ4n) is 3.55. The van der Waals surface area contributed by atoms with E-state index in [0.717, 1.165) is 16.7 Å². The van der Waals surface area contributed by atoms with Gasteiger partial charge in [-0.15, -0.1) is 0 Å². The standard InChI is InChI=1S/C22H18N2O4/c1-14-6-8-16(9-7-14)19-18(20(25)17-5-3-11-28-17)21(26)22(27)24(19)13-15-4-2-10-23-12-15/h2-12,18-19H,13H2,1H3. The summed E-state index contributed by atoms with van der Waals surface area (Å²) in [5.74, 6) is -2.93. The number of furan rings is 1. The number of amides is 1. The lowest BCUT2D eigenvalue weighted by atomic mass is 9.88. The molecule has 1 aliphatic rings. The number of hydrogen-bond donors (Lipinski definition) is 0. The lowest BCUT2D eigenvalue weighted by Gasteiger charge is -2.27. The summed E-state index contributed by atoms with van der Waals surface area (Å²) in [6, 6.07) is 13.5. The summed E-state index contributed by atoms with van der Waals surface area (Å²) in [7, 11) is 0. The summed E-state index contributed by atoms with van der Waals surface area (Å²) in [6.07, 6.45) is 4.66. The lowest BCUT2D eigenvalue weighted by Crippen LogP contribution is -2.30. The highest BCUT2D eigenvalue weighted by molar-refractivity contribution is 6.43. The van der Waals surface area contributed by atoms with Gasteiger partial charge in [-0.25, -0.2) is 0 Å². The molecule has 4 rings (SSSR count). The van der Waals surface area contributed by atoms with E-state index in [1.807, 2.05) is 37.3 Å². The normalized spacial score (nSPS) is 19.2. The van der Waals surface area contributed by atoms with Crippen LogP contribution in [0.4, 0.5) is 0 Å². The van der Waals surface area contributed by atoms with Crippen molar-refractivity contribution in [3.05, 3.63) is 89.6 Å². The Morgan fingerprint density at radius 3 is 2.54 bits per heavy atom. The van der Waals surface area contributed by atoms with Crippen LogP contribution in [0, 0.1) is 12.8 Å². The highest BCUT2D eigenvalue weighted by atomic mass is 16.3. The maximum Gasteiger partial charge on any atom is 0.291 e. The summed E-state index contributed by atoms with van der Waals surface area (Å²) < 4.78 is 5.21. The first-order valence-corrected chi connectivity index (χ1v) is 8.94. The number of pyridine rings is 1. The molecule has 3 heterocycles. The molecule has 2 aromatic heterocycles. The molecule has 1 fully saturated rings. The van der Waals surface area contributed by atoms with Crippen molar-refractivity contribution in [2.45, 2.75) is 19.5 Å². The number of ketones is 2. The smallest absolute Gasteiger partial charge is 0.291 e. The predicted octanol–water partition coefficient (Wildman–Crippen LogP) is 3.13. The number of benzene rings is 1. The summed E-state index contributed by atoms with van der Waals surface area (Å²) in [6.45, 7) is 2.15. The van der Waals surface area contributed by atoms with Gasteiger partial charge in [0.2, 0.25) is 11.6 Å². The lowest BCUT2D eigenvalue weighted by molar-refractivity contribution is -0.141. The minimum atomic E-state index is -1.14. The average molecular weight is 374 g/mol. The average Bonchev–Trinajstić information content (AvgIpc) is 3.33. The predicted molar refractivity (Wildman–Crippen MR) is 100 cm³/mol. The maximum absolute atomic E-state index is 13.0. The van der Waals surface area contributed by atoms with Gasteiger partial charge in [0.05, 0.1) is 12.3 Å². The minimum absolute atomic E-state index is 0.0755. The number of hydrogen-bond acceptors (Lipinski definition) is 5. The molecule has 1 aliphatic heterocycles. The van der Waals surface area contributed by atoms with Crippen LogP contribution in [0.2, 0.25) is 0 Å². The van der Waals surface area contributed by atoms with E-state index in [0.29, 0.717) is 0 Å². The zero-order valence-corrected chi connectivity index (χ0v) is 15.2. The molecule has 0 N–H and O–H groups in total. The molecule has 0 aliphatic carbocycles. The van der Waals surface area contributed by atoms with Gasteiger partial charge in [0.1, 0.15) is 5.92 Å². The maximum atomic E-state index is 13.0. The Bertz CT molecular complexity index is 1010. The van der Waals surface area contributed by atoms with Crippen LogP contribution in [0.1, 0.15) is 33.3 Å². The van der Waals surface area contributed by atoms with Crippen molar-refractivity contribution >= 4 is 17.5 Å². The highest BCUT2D eigenvalue weighted by Gasteiger charge is 2.52. The second-order valence-electron chi connectivity index (χ2n) is 6.83. The monoisotopic (exact) mass is 374 g/mol. The van der Waals surface area contributed by atoms with Crippen molar-refractivity contribution in [3.8, 4) is 0 Å². The van der Waals surface area contributed by atoms with Gasteiger partial charge in [0, 0.05) is 18.9 Å². The fraction of sp³-hybridized carbons (Fsp3) is 0.182. The Morgan fingerprint density at radius 1 is 1.11 bits per heavy atom. The van der Waals surface area contributed by atoms with Crippen LogP contribution in [0.3, 0.4) is 0 Å². The Labute approximate surface area is 161 Å². The summed E-state index contributed by atoms with van der Waals surface area (Å²) in [4.78, 5) is 44.2. The second-order valence-corrected chi connectivity index (χ2v) is 6.83. The quantitative estimate of drug-likeness (QED) is 0.389. The zero-order chi connectivity index (χ0) is 19.7. The number of carbonyl (C=O) groups is 3. The Balaban J connectivity index is 1.78. The number of rotatable bonds is 5. The first kappa shape index (κ1) is 17.9. The van der Waals surface area contributed by atoms with E-state index >= 15 is 0 Å². The first-order chi connectivity index (χ1) is 13.6. The van der Waals surface area contributed by atoms with E-state index in [1.165, 1.54) is 17.2 Å². The summed E-state index contributed by atoms with van der Waals surface area (Å²) >= 11 is 0. The number of aryl methyl sites for hydroxylation is 1. The first-order valence-electron chi connectivity index (χ1n) is 8.94. The van der Waals surface area contributed by atoms with Crippen molar-refractivity contribution in [2.75, 3.05) is 0 Å². The van der Waals surface area contributed by atoms with Gasteiger partial charge in [0.15, 0.2) is 5.76 Å². The number of carbonyl (C=O) groups excluding carboxylic acids is 3. The van der Waals surface area contributed by atoms with E-state index < -0.39 is 29.4 Å². The largest absolute Gasteiger partial charge is 0.461 e. The molecule has 28 heavy (non-hydrogen) atoms. The third kappa shape index (κ3) is 3.13. The molecule has 140 valence electrons. The van der Waals surface area contributed by atoms with E-state index in [1.54, 1.807) is 24.5 Å². The molecule has 2 atom stereocenters. The molecular formula is C22H18N2O4. The molecular weight excluding hydrogens is 356 g/mol. The number of Topliss-reactive ketones (excluding diaryl/α,β-unsaturated/α-hetero) is 2. The number of nitrogens with zero attached hydrogens (tertiary/aromatic N) is 2. The molecule has 1 amide bonds. The third-order valence-electron chi connectivity index (χ3n) is 4.95. The van der Waals surface area contributed by atoms with Gasteiger partial charge < -0.3 is 9.32 Å². The van der Waals surface area contributed by atoms with E-state index in [2.05, 4.69) is 4.98 Å².